The Labute approximate surface area is 363 Å². The third kappa shape index (κ3) is 5.90. The summed E-state index contributed by atoms with van der Waals surface area (Å²) in [7, 11) is 0. The summed E-state index contributed by atoms with van der Waals surface area (Å²) in [5.41, 5.74) is 15.8. The molecule has 2 heterocycles. The molecule has 0 aromatic heterocycles. The van der Waals surface area contributed by atoms with E-state index in [0.717, 1.165) is 34.9 Å². The molecule has 0 radical (unpaired) electrons. The first-order chi connectivity index (χ1) is 30.8. The number of benzene rings is 8. The van der Waals surface area contributed by atoms with Gasteiger partial charge in [-0.3, -0.25) is 0 Å². The van der Waals surface area contributed by atoms with Gasteiger partial charge in [-0.2, -0.15) is 0 Å². The summed E-state index contributed by atoms with van der Waals surface area (Å²) < 4.78 is 0. The van der Waals surface area contributed by atoms with Gasteiger partial charge in [0.1, 0.15) is 0 Å². The molecule has 4 heteroatoms. The van der Waals surface area contributed by atoms with Crippen molar-refractivity contribution in [3.63, 3.8) is 0 Å². The van der Waals surface area contributed by atoms with Crippen LogP contribution in [0.3, 0.4) is 0 Å². The molecular formula is C58H44N4. The van der Waals surface area contributed by atoms with Crippen molar-refractivity contribution in [2.24, 2.45) is 0 Å². The first kappa shape index (κ1) is 36.1. The summed E-state index contributed by atoms with van der Waals surface area (Å²) in [6, 6.07) is 73.3. The standard InChI is InChI=1S/C58H44N4/c1-5-19-41(20-6-1)59(45-35-37-57-51(39-45)49-27-13-15-31-55(49)61(57)43-23-9-3-10-24-43)53-33-17-30-48-47(53)29-18-34-54(48)60(42-21-7-2-8-22-42)46-36-38-58-52(40-46)50-28-14-16-32-56(50)62(58)44-25-11-4-12-26-44/h1-37,39-40,49,55,58H,38H2. The minimum Gasteiger partial charge on any atom is -0.333 e. The fraction of sp³-hybridized carbons (Fsp3) is 0.0690. The highest BCUT2D eigenvalue weighted by atomic mass is 15.2. The number of hydrogen-bond donors (Lipinski definition) is 0. The number of anilines is 9. The lowest BCUT2D eigenvalue weighted by Gasteiger charge is -2.34. The van der Waals surface area contributed by atoms with E-state index in [9.17, 15) is 0 Å². The lowest BCUT2D eigenvalue weighted by Crippen LogP contribution is -2.29. The molecule has 2 aliphatic heterocycles. The third-order valence-corrected chi connectivity index (χ3v) is 13.0. The Kier molecular flexibility index (Phi) is 8.74. The zero-order valence-electron chi connectivity index (χ0n) is 34.2. The van der Waals surface area contributed by atoms with Crippen molar-refractivity contribution in [1.82, 2.24) is 0 Å². The molecule has 4 aliphatic rings. The van der Waals surface area contributed by atoms with Gasteiger partial charge in [-0.05, 0) is 109 Å². The Balaban J connectivity index is 0.998. The number of hydrogen-bond acceptors (Lipinski definition) is 4. The van der Waals surface area contributed by atoms with Crippen LogP contribution < -0.4 is 19.6 Å². The van der Waals surface area contributed by atoms with Crippen LogP contribution in [0.5, 0.6) is 0 Å². The molecule has 8 aromatic carbocycles. The number of fused-ring (bicyclic) bond motifs is 7. The molecule has 0 saturated heterocycles. The van der Waals surface area contributed by atoms with E-state index in [1.54, 1.807) is 0 Å². The molecule has 4 nitrogen and oxygen atoms in total. The molecule has 0 bridgehead atoms. The molecule has 296 valence electrons. The zero-order chi connectivity index (χ0) is 41.0. The average molecular weight is 797 g/mol. The van der Waals surface area contributed by atoms with Crippen molar-refractivity contribution in [3.05, 3.63) is 253 Å². The van der Waals surface area contributed by atoms with E-state index in [2.05, 4.69) is 256 Å². The first-order valence-electron chi connectivity index (χ1n) is 21.7. The first-order valence-corrected chi connectivity index (χ1v) is 21.7. The van der Waals surface area contributed by atoms with Crippen LogP contribution in [0.4, 0.5) is 51.2 Å². The Morgan fingerprint density at radius 2 is 1.03 bits per heavy atom. The van der Waals surface area contributed by atoms with Crippen LogP contribution in [-0.4, -0.2) is 12.1 Å². The van der Waals surface area contributed by atoms with E-state index in [4.69, 9.17) is 0 Å². The maximum Gasteiger partial charge on any atom is 0.0634 e. The normalized spacial score (nSPS) is 18.1. The summed E-state index contributed by atoms with van der Waals surface area (Å²) in [5.74, 6) is 0.246. The van der Waals surface area contributed by atoms with Crippen LogP contribution >= 0.6 is 0 Å². The second-order valence-electron chi connectivity index (χ2n) is 16.4. The molecule has 8 aromatic rings. The van der Waals surface area contributed by atoms with E-state index in [0.29, 0.717) is 0 Å². The highest BCUT2D eigenvalue weighted by Crippen LogP contribution is 2.52. The van der Waals surface area contributed by atoms with Crippen molar-refractivity contribution in [2.45, 2.75) is 24.4 Å². The lowest BCUT2D eigenvalue weighted by atomic mass is 9.91. The second kappa shape index (κ2) is 15.0. The lowest BCUT2D eigenvalue weighted by molar-refractivity contribution is 0.745. The minimum absolute atomic E-state index is 0.220. The van der Waals surface area contributed by atoms with Gasteiger partial charge in [0.05, 0.1) is 23.5 Å². The van der Waals surface area contributed by atoms with Gasteiger partial charge in [0.15, 0.2) is 0 Å². The maximum absolute atomic E-state index is 2.52. The Hall–Kier alpha value is -7.82. The van der Waals surface area contributed by atoms with Gasteiger partial charge in [0.25, 0.3) is 0 Å². The third-order valence-electron chi connectivity index (χ3n) is 13.0. The Bertz CT molecular complexity index is 3080. The Morgan fingerprint density at radius 3 is 1.73 bits per heavy atom. The Morgan fingerprint density at radius 1 is 0.452 bits per heavy atom. The zero-order valence-corrected chi connectivity index (χ0v) is 34.2. The molecule has 3 unspecified atom stereocenters. The molecule has 0 amide bonds. The topological polar surface area (TPSA) is 13.0 Å². The van der Waals surface area contributed by atoms with Gasteiger partial charge in [-0.15, -0.1) is 0 Å². The predicted octanol–water partition coefficient (Wildman–Crippen LogP) is 15.1. The van der Waals surface area contributed by atoms with E-state index in [1.807, 2.05) is 0 Å². The quantitative estimate of drug-likeness (QED) is 0.152. The van der Waals surface area contributed by atoms with Crippen LogP contribution in [0, 0.1) is 0 Å². The van der Waals surface area contributed by atoms with Gasteiger partial charge in [0.2, 0.25) is 0 Å². The maximum atomic E-state index is 2.52. The summed E-state index contributed by atoms with van der Waals surface area (Å²) in [4.78, 5) is 9.93. The van der Waals surface area contributed by atoms with Gasteiger partial charge >= 0.3 is 0 Å². The van der Waals surface area contributed by atoms with Gasteiger partial charge in [-0.1, -0.05) is 146 Å². The molecule has 0 saturated carbocycles. The summed E-state index contributed by atoms with van der Waals surface area (Å²) >= 11 is 0. The average Bonchev–Trinajstić information content (AvgIpc) is 3.85. The number of allylic oxidation sites excluding steroid dienone is 3. The van der Waals surface area contributed by atoms with Crippen LogP contribution in [0.25, 0.3) is 16.3 Å². The van der Waals surface area contributed by atoms with E-state index in [1.165, 1.54) is 55.9 Å². The molecule has 0 fully saturated rings. The van der Waals surface area contributed by atoms with Crippen LogP contribution in [-0.2, 0) is 0 Å². The van der Waals surface area contributed by atoms with Crippen molar-refractivity contribution in [1.29, 1.82) is 0 Å². The molecule has 0 N–H and O–H groups in total. The molecular weight excluding hydrogens is 753 g/mol. The molecule has 62 heavy (non-hydrogen) atoms. The van der Waals surface area contributed by atoms with E-state index < -0.39 is 0 Å². The van der Waals surface area contributed by atoms with Crippen molar-refractivity contribution in [3.8, 4) is 0 Å². The molecule has 3 atom stereocenters. The van der Waals surface area contributed by atoms with Gasteiger partial charge in [-0.25, -0.2) is 0 Å². The van der Waals surface area contributed by atoms with Crippen LogP contribution in [0.1, 0.15) is 23.5 Å². The van der Waals surface area contributed by atoms with Crippen LogP contribution in [0.15, 0.2) is 242 Å². The molecule has 2 aliphatic carbocycles. The second-order valence-corrected chi connectivity index (χ2v) is 16.4. The number of nitrogens with zero attached hydrogens (tertiary/aromatic N) is 4. The number of rotatable bonds is 8. The summed E-state index contributed by atoms with van der Waals surface area (Å²) in [6.07, 6.45) is 14.9. The highest BCUT2D eigenvalue weighted by molar-refractivity contribution is 6.07. The minimum atomic E-state index is 0.220. The summed E-state index contributed by atoms with van der Waals surface area (Å²) in [5, 5.41) is 2.37. The van der Waals surface area contributed by atoms with Crippen molar-refractivity contribution >= 4 is 67.5 Å². The highest BCUT2D eigenvalue weighted by Gasteiger charge is 2.39. The van der Waals surface area contributed by atoms with E-state index in [-0.39, 0.29) is 18.0 Å². The van der Waals surface area contributed by atoms with Crippen molar-refractivity contribution in [2.75, 3.05) is 19.6 Å². The van der Waals surface area contributed by atoms with Gasteiger partial charge in [0, 0.05) is 67.8 Å². The smallest absolute Gasteiger partial charge is 0.0634 e. The number of para-hydroxylation sites is 5. The fourth-order valence-electron chi connectivity index (χ4n) is 10.4. The largest absolute Gasteiger partial charge is 0.333 e. The van der Waals surface area contributed by atoms with Crippen LogP contribution in [0.2, 0.25) is 0 Å². The van der Waals surface area contributed by atoms with Gasteiger partial charge < -0.3 is 19.6 Å². The summed E-state index contributed by atoms with van der Waals surface area (Å²) in [6.45, 7) is 0. The fourth-order valence-corrected chi connectivity index (χ4v) is 10.4. The monoisotopic (exact) mass is 796 g/mol. The van der Waals surface area contributed by atoms with E-state index >= 15 is 0 Å². The molecule has 0 spiro atoms. The SMILES string of the molecule is C1=CC2c3cc(N(c4ccccc4)c4cccc5c(N(C6=CCC7C(=C6)c6ccccc6N7c6ccccc6)c6ccccc6)cccc45)ccc3N(c3ccccc3)C2C=C1. The van der Waals surface area contributed by atoms with Crippen molar-refractivity contribution < 1.29 is 0 Å². The predicted molar refractivity (Wildman–Crippen MR) is 260 cm³/mol. The molecule has 12 rings (SSSR count).